The summed E-state index contributed by atoms with van der Waals surface area (Å²) >= 11 is 0. The Labute approximate surface area is 168 Å². The summed E-state index contributed by atoms with van der Waals surface area (Å²) in [6, 6.07) is 4.13. The van der Waals surface area contributed by atoms with Gasteiger partial charge in [-0.25, -0.2) is 0 Å². The van der Waals surface area contributed by atoms with Gasteiger partial charge in [-0.1, -0.05) is 13.8 Å². The van der Waals surface area contributed by atoms with E-state index in [1.165, 1.54) is 25.7 Å². The van der Waals surface area contributed by atoms with Gasteiger partial charge in [0.15, 0.2) is 11.7 Å². The van der Waals surface area contributed by atoms with Crippen LogP contribution in [0.2, 0.25) is 0 Å². The molecule has 1 amide bonds. The lowest BCUT2D eigenvalue weighted by Gasteiger charge is -2.43. The first-order valence-electron chi connectivity index (χ1n) is 10.6. The van der Waals surface area contributed by atoms with Crippen LogP contribution in [-0.4, -0.2) is 60.9 Å². The molecule has 2 aliphatic rings. The van der Waals surface area contributed by atoms with Gasteiger partial charge in [-0.2, -0.15) is 0 Å². The molecule has 0 atom stereocenters. The van der Waals surface area contributed by atoms with Crippen LogP contribution in [0.3, 0.4) is 0 Å². The number of piperazine rings is 1. The van der Waals surface area contributed by atoms with E-state index in [2.05, 4.69) is 34.0 Å². The second kappa shape index (κ2) is 9.45. The van der Waals surface area contributed by atoms with Gasteiger partial charge in [0.05, 0.1) is 6.54 Å². The Hall–Kier alpha value is -2.02. The molecule has 2 fully saturated rings. The second-order valence-corrected chi connectivity index (χ2v) is 8.37. The number of nitrogens with zero attached hydrogens (tertiary/aromatic N) is 3. The minimum Gasteiger partial charge on any atom is -0.454 e. The van der Waals surface area contributed by atoms with Crippen LogP contribution in [0.5, 0.6) is 0 Å². The number of furan rings is 1. The maximum Gasteiger partial charge on any atom is 0.284 e. The third-order valence-electron chi connectivity index (χ3n) is 6.35. The van der Waals surface area contributed by atoms with Crippen molar-refractivity contribution in [2.75, 3.05) is 33.2 Å². The van der Waals surface area contributed by atoms with Gasteiger partial charge in [0, 0.05) is 39.3 Å². The molecule has 7 nitrogen and oxygen atoms in total. The molecule has 0 unspecified atom stereocenters. The average Bonchev–Trinajstić information content (AvgIpc) is 3.18. The minimum absolute atomic E-state index is 0.188. The first-order valence-corrected chi connectivity index (χ1v) is 10.6. The molecular formula is C21H35N5O2. The normalized spacial score (nSPS) is 24.6. The number of nitrogens with two attached hydrogens (primary N) is 1. The number of carbonyl (C=O) groups excluding carboxylic acids is 1. The van der Waals surface area contributed by atoms with Crippen molar-refractivity contribution in [1.29, 1.82) is 0 Å². The van der Waals surface area contributed by atoms with Gasteiger partial charge in [-0.15, -0.1) is 0 Å². The molecule has 2 heterocycles. The summed E-state index contributed by atoms with van der Waals surface area (Å²) in [4.78, 5) is 20.5. The van der Waals surface area contributed by atoms with Gasteiger partial charge in [0.1, 0.15) is 5.76 Å². The van der Waals surface area contributed by atoms with E-state index in [0.29, 0.717) is 12.3 Å². The standard InChI is InChI=1S/C21H35N5O2/c1-15(2)16-4-6-17(7-5-16)25-10-12-26(13-11-25)21(23-3)24-14-18-8-9-19(28-18)20(22)27/h8-9,15-17H,4-7,10-14H2,1-3H3,(H2,22,27)(H,23,24). The lowest BCUT2D eigenvalue weighted by molar-refractivity contribution is 0.0863. The van der Waals surface area contributed by atoms with Crippen molar-refractivity contribution < 1.29 is 9.21 Å². The van der Waals surface area contributed by atoms with Crippen LogP contribution in [0.1, 0.15) is 55.8 Å². The lowest BCUT2D eigenvalue weighted by Crippen LogP contribution is -2.55. The minimum atomic E-state index is -0.547. The van der Waals surface area contributed by atoms with Gasteiger partial charge in [-0.05, 0) is 49.7 Å². The summed E-state index contributed by atoms with van der Waals surface area (Å²) in [5, 5.41) is 3.33. The molecule has 156 valence electrons. The average molecular weight is 390 g/mol. The molecule has 0 radical (unpaired) electrons. The lowest BCUT2D eigenvalue weighted by atomic mass is 9.79. The fourth-order valence-corrected chi connectivity index (χ4v) is 4.54. The topological polar surface area (TPSA) is 87.1 Å². The van der Waals surface area contributed by atoms with Crippen LogP contribution in [0.15, 0.2) is 21.5 Å². The summed E-state index contributed by atoms with van der Waals surface area (Å²) in [6.07, 6.45) is 5.44. The van der Waals surface area contributed by atoms with E-state index in [0.717, 1.165) is 50.0 Å². The summed E-state index contributed by atoms with van der Waals surface area (Å²) in [7, 11) is 1.80. The maximum absolute atomic E-state index is 11.1. The number of hydrogen-bond donors (Lipinski definition) is 2. The van der Waals surface area contributed by atoms with Crippen LogP contribution in [-0.2, 0) is 6.54 Å². The first kappa shape index (κ1) is 20.7. The van der Waals surface area contributed by atoms with Crippen LogP contribution < -0.4 is 11.1 Å². The Balaban J connectivity index is 1.44. The molecular weight excluding hydrogens is 354 g/mol. The van der Waals surface area contributed by atoms with E-state index in [1.54, 1.807) is 19.2 Å². The molecule has 3 rings (SSSR count). The molecule has 7 heteroatoms. The third kappa shape index (κ3) is 5.07. The van der Waals surface area contributed by atoms with Crippen LogP contribution >= 0.6 is 0 Å². The van der Waals surface area contributed by atoms with E-state index in [4.69, 9.17) is 10.2 Å². The van der Waals surface area contributed by atoms with Crippen LogP contribution in [0.25, 0.3) is 0 Å². The smallest absolute Gasteiger partial charge is 0.284 e. The van der Waals surface area contributed by atoms with Gasteiger partial charge < -0.3 is 20.4 Å². The van der Waals surface area contributed by atoms with Crippen molar-refractivity contribution in [3.8, 4) is 0 Å². The number of primary amides is 1. The highest BCUT2D eigenvalue weighted by Crippen LogP contribution is 2.32. The van der Waals surface area contributed by atoms with Crippen molar-refractivity contribution in [3.63, 3.8) is 0 Å². The van der Waals surface area contributed by atoms with Gasteiger partial charge in [0.2, 0.25) is 0 Å². The van der Waals surface area contributed by atoms with Crippen LogP contribution in [0, 0.1) is 11.8 Å². The number of guanidine groups is 1. The highest BCUT2D eigenvalue weighted by Gasteiger charge is 2.29. The predicted molar refractivity (Wildman–Crippen MR) is 111 cm³/mol. The Kier molecular flexibility index (Phi) is 6.99. The Bertz CT molecular complexity index is 668. The fourth-order valence-electron chi connectivity index (χ4n) is 4.54. The number of nitrogens with one attached hydrogen (secondary N) is 1. The molecule has 1 saturated heterocycles. The molecule has 28 heavy (non-hydrogen) atoms. The zero-order valence-corrected chi connectivity index (χ0v) is 17.5. The fraction of sp³-hybridized carbons (Fsp3) is 0.714. The summed E-state index contributed by atoms with van der Waals surface area (Å²) < 4.78 is 5.43. The summed E-state index contributed by atoms with van der Waals surface area (Å²) in [5.74, 6) is 2.93. The largest absolute Gasteiger partial charge is 0.454 e. The quantitative estimate of drug-likeness (QED) is 0.596. The first-order chi connectivity index (χ1) is 13.5. The second-order valence-electron chi connectivity index (χ2n) is 8.37. The van der Waals surface area contributed by atoms with Crippen molar-refractivity contribution >= 4 is 11.9 Å². The highest BCUT2D eigenvalue weighted by molar-refractivity contribution is 5.89. The van der Waals surface area contributed by atoms with Crippen LogP contribution in [0.4, 0.5) is 0 Å². The molecule has 1 aliphatic heterocycles. The molecule has 1 saturated carbocycles. The number of rotatable bonds is 5. The molecule has 0 aromatic carbocycles. The molecule has 3 N–H and O–H groups in total. The molecule has 1 aromatic rings. The number of amides is 1. The molecule has 0 bridgehead atoms. The number of hydrogen-bond acceptors (Lipinski definition) is 4. The van der Waals surface area contributed by atoms with E-state index in [1.807, 2.05) is 0 Å². The zero-order valence-electron chi connectivity index (χ0n) is 17.5. The SMILES string of the molecule is CN=C(NCc1ccc(C(N)=O)o1)N1CCN(C2CCC(C(C)C)CC2)CC1. The summed E-state index contributed by atoms with van der Waals surface area (Å²) in [6.45, 7) is 9.34. The monoisotopic (exact) mass is 389 g/mol. The molecule has 1 aromatic heterocycles. The Morgan fingerprint density at radius 1 is 1.21 bits per heavy atom. The number of aliphatic imine (C=N–C) groups is 1. The van der Waals surface area contributed by atoms with Crippen molar-refractivity contribution in [2.45, 2.75) is 52.1 Å². The van der Waals surface area contributed by atoms with Gasteiger partial charge in [-0.3, -0.25) is 14.7 Å². The molecule has 0 spiro atoms. The number of carbonyl (C=O) groups is 1. The van der Waals surface area contributed by atoms with Crippen molar-refractivity contribution in [3.05, 3.63) is 23.7 Å². The van der Waals surface area contributed by atoms with E-state index < -0.39 is 5.91 Å². The van der Waals surface area contributed by atoms with Gasteiger partial charge >= 0.3 is 0 Å². The maximum atomic E-state index is 11.1. The highest BCUT2D eigenvalue weighted by atomic mass is 16.3. The molecule has 1 aliphatic carbocycles. The Morgan fingerprint density at radius 2 is 1.89 bits per heavy atom. The zero-order chi connectivity index (χ0) is 20.1. The van der Waals surface area contributed by atoms with Crippen molar-refractivity contribution in [2.24, 2.45) is 22.6 Å². The van der Waals surface area contributed by atoms with Crippen molar-refractivity contribution in [1.82, 2.24) is 15.1 Å². The van der Waals surface area contributed by atoms with E-state index >= 15 is 0 Å². The Morgan fingerprint density at radius 3 is 2.43 bits per heavy atom. The third-order valence-corrected chi connectivity index (χ3v) is 6.35. The summed E-state index contributed by atoms with van der Waals surface area (Å²) in [5.41, 5.74) is 5.23. The van der Waals surface area contributed by atoms with E-state index in [9.17, 15) is 4.79 Å². The van der Waals surface area contributed by atoms with Gasteiger partial charge in [0.25, 0.3) is 5.91 Å². The van der Waals surface area contributed by atoms with E-state index in [-0.39, 0.29) is 5.76 Å². The predicted octanol–water partition coefficient (Wildman–Crippen LogP) is 2.29.